The van der Waals surface area contributed by atoms with Crippen molar-refractivity contribution < 1.29 is 18.0 Å². The van der Waals surface area contributed by atoms with Crippen LogP contribution in [0.3, 0.4) is 0 Å². The third-order valence-electron chi connectivity index (χ3n) is 9.52. The van der Waals surface area contributed by atoms with Gasteiger partial charge in [0.1, 0.15) is 0 Å². The Bertz CT molecular complexity index is 1290. The molecular weight excluding hydrogens is 511 g/mol. The maximum absolute atomic E-state index is 14.2. The molecule has 12 heteroatoms. The van der Waals surface area contributed by atoms with E-state index in [4.69, 9.17) is 0 Å². The van der Waals surface area contributed by atoms with E-state index in [2.05, 4.69) is 28.2 Å². The average molecular weight is 550 g/mol. The third kappa shape index (κ3) is 5.00. The Morgan fingerprint density at radius 1 is 1.08 bits per heavy atom. The van der Waals surface area contributed by atoms with Gasteiger partial charge < -0.3 is 0 Å². The number of halogens is 3. The first-order chi connectivity index (χ1) is 18.6. The fourth-order valence-corrected chi connectivity index (χ4v) is 7.33. The van der Waals surface area contributed by atoms with Gasteiger partial charge in [-0.05, 0) is 62.6 Å². The normalized spacial score (nSPS) is 30.1. The first kappa shape index (κ1) is 26.8. The summed E-state index contributed by atoms with van der Waals surface area (Å²) in [5.74, 6) is 1.29. The van der Waals surface area contributed by atoms with Crippen molar-refractivity contribution in [3.63, 3.8) is 0 Å². The van der Waals surface area contributed by atoms with Crippen LogP contribution < -0.4 is 22.0 Å². The Morgan fingerprint density at radius 2 is 1.82 bits per heavy atom. The molecule has 4 fully saturated rings. The van der Waals surface area contributed by atoms with Crippen LogP contribution in [-0.2, 0) is 17.5 Å². The zero-order chi connectivity index (χ0) is 27.5. The van der Waals surface area contributed by atoms with Crippen LogP contribution >= 0.6 is 0 Å². The van der Waals surface area contributed by atoms with Crippen molar-refractivity contribution in [1.29, 1.82) is 0 Å². The van der Waals surface area contributed by atoms with Crippen LogP contribution in [0.25, 0.3) is 5.52 Å². The lowest BCUT2D eigenvalue weighted by atomic mass is 9.65. The maximum Gasteiger partial charge on any atom is 0.418 e. The van der Waals surface area contributed by atoms with E-state index in [9.17, 15) is 22.8 Å². The van der Waals surface area contributed by atoms with Gasteiger partial charge in [-0.25, -0.2) is 20.7 Å². The highest BCUT2D eigenvalue weighted by atomic mass is 19.4. The maximum atomic E-state index is 14.2. The van der Waals surface area contributed by atoms with Gasteiger partial charge in [-0.15, -0.1) is 0 Å². The van der Waals surface area contributed by atoms with E-state index < -0.39 is 17.4 Å². The number of rotatable bonds is 6. The van der Waals surface area contributed by atoms with Crippen LogP contribution in [0, 0.1) is 17.8 Å². The molecule has 4 heterocycles. The predicted molar refractivity (Wildman–Crippen MR) is 139 cm³/mol. The number of alkyl halides is 3. The molecule has 0 aromatic carbocycles. The van der Waals surface area contributed by atoms with E-state index in [1.54, 1.807) is 9.58 Å². The topological polar surface area (TPSA) is 86.1 Å². The lowest BCUT2D eigenvalue weighted by molar-refractivity contribution is -0.136. The standard InChI is InChI=1S/C27H38F3N7O2/c1-16-9-23(38)33-37(16)13-17-10-21(27(28,29)30)22-14-35(26(39)36(22)12-17)20-8-4-7-19(11-20)24(18-5-3-6-18)25-32-31-15-34(25)2/h10,12,14,16,18-20,24-25,31-32H,3-9,11,13,15H2,1-2H3,(H,33,38)/t16-,19?,20?,24+,25?/m0/s1. The van der Waals surface area contributed by atoms with E-state index in [-0.39, 0.29) is 42.6 Å². The molecule has 0 radical (unpaired) electrons. The lowest BCUT2D eigenvalue weighted by Crippen LogP contribution is -2.50. The van der Waals surface area contributed by atoms with Gasteiger partial charge in [0.15, 0.2) is 0 Å². The van der Waals surface area contributed by atoms with Crippen LogP contribution in [-0.4, -0.2) is 50.7 Å². The molecule has 2 aromatic rings. The van der Waals surface area contributed by atoms with Gasteiger partial charge in [0.05, 0.1) is 23.9 Å². The number of fused-ring (bicyclic) bond motifs is 1. The Kier molecular flexibility index (Phi) is 7.01. The van der Waals surface area contributed by atoms with Gasteiger partial charge in [0.2, 0.25) is 5.91 Å². The number of hydrazine groups is 2. The largest absolute Gasteiger partial charge is 0.418 e. The summed E-state index contributed by atoms with van der Waals surface area (Å²) in [5.41, 5.74) is 8.37. The van der Waals surface area contributed by atoms with Gasteiger partial charge in [-0.2, -0.15) is 13.2 Å². The fourth-order valence-electron chi connectivity index (χ4n) is 7.33. The number of amides is 1. The average Bonchev–Trinajstić information content (AvgIpc) is 3.52. The number of imidazole rings is 1. The first-order valence-corrected chi connectivity index (χ1v) is 14.2. The van der Waals surface area contributed by atoms with E-state index in [0.29, 0.717) is 23.3 Å². The van der Waals surface area contributed by atoms with E-state index in [0.717, 1.165) is 42.8 Å². The second-order valence-electron chi connectivity index (χ2n) is 12.1. The number of carbonyl (C=O) groups is 1. The smallest absolute Gasteiger partial charge is 0.295 e. The summed E-state index contributed by atoms with van der Waals surface area (Å²) in [4.78, 5) is 27.7. The zero-order valence-corrected chi connectivity index (χ0v) is 22.5. The Morgan fingerprint density at radius 3 is 2.44 bits per heavy atom. The SMILES string of the molecule is C[C@H]1CC(=O)NN1Cc1cc(C(F)(F)F)c2cn(C3CCCC([C@@H](C4CCC4)C4NNCN4C)C3)c(=O)n2c1. The molecule has 6 rings (SSSR count). The van der Waals surface area contributed by atoms with Crippen molar-refractivity contribution in [3.8, 4) is 0 Å². The molecule has 2 saturated heterocycles. The molecule has 9 nitrogen and oxygen atoms in total. The van der Waals surface area contributed by atoms with Crippen molar-refractivity contribution in [2.45, 2.75) is 89.3 Å². The number of pyridine rings is 1. The summed E-state index contributed by atoms with van der Waals surface area (Å²) in [6.07, 6.45) is 6.07. The minimum absolute atomic E-state index is 0.0913. The second kappa shape index (κ2) is 10.2. The monoisotopic (exact) mass is 549 g/mol. The second-order valence-corrected chi connectivity index (χ2v) is 12.1. The minimum atomic E-state index is -4.62. The lowest BCUT2D eigenvalue weighted by Gasteiger charge is -2.46. The molecule has 2 saturated carbocycles. The Labute approximate surface area is 225 Å². The van der Waals surface area contributed by atoms with E-state index in [1.165, 1.54) is 31.7 Å². The van der Waals surface area contributed by atoms with Crippen molar-refractivity contribution >= 4 is 11.4 Å². The van der Waals surface area contributed by atoms with Crippen LogP contribution in [0.5, 0.6) is 0 Å². The zero-order valence-electron chi connectivity index (χ0n) is 22.5. The van der Waals surface area contributed by atoms with Crippen molar-refractivity contribution in [2.24, 2.45) is 17.8 Å². The van der Waals surface area contributed by atoms with Gasteiger partial charge in [0, 0.05) is 37.4 Å². The molecule has 4 aliphatic rings. The van der Waals surface area contributed by atoms with Crippen LogP contribution in [0.1, 0.15) is 75.5 Å². The number of hydrogen-bond donors (Lipinski definition) is 3. The molecule has 5 atom stereocenters. The molecular formula is C27H38F3N7O2. The van der Waals surface area contributed by atoms with Crippen LogP contribution in [0.4, 0.5) is 13.2 Å². The summed E-state index contributed by atoms with van der Waals surface area (Å²) in [7, 11) is 2.11. The molecule has 0 bridgehead atoms. The predicted octanol–water partition coefficient (Wildman–Crippen LogP) is 3.22. The highest BCUT2D eigenvalue weighted by Crippen LogP contribution is 2.47. The summed E-state index contributed by atoms with van der Waals surface area (Å²) in [6, 6.07) is 0.831. The molecule has 0 spiro atoms. The van der Waals surface area contributed by atoms with Gasteiger partial charge in [-0.1, -0.05) is 25.7 Å². The molecule has 1 amide bonds. The highest BCUT2D eigenvalue weighted by Gasteiger charge is 2.44. The van der Waals surface area contributed by atoms with Crippen LogP contribution in [0.2, 0.25) is 0 Å². The van der Waals surface area contributed by atoms with E-state index in [1.807, 2.05) is 6.92 Å². The molecule has 2 aliphatic heterocycles. The number of nitrogens with zero attached hydrogens (tertiary/aromatic N) is 4. The fraction of sp³-hybridized carbons (Fsp3) is 0.704. The number of carbonyl (C=O) groups excluding carboxylic acids is 1. The van der Waals surface area contributed by atoms with Gasteiger partial charge in [-0.3, -0.25) is 24.1 Å². The van der Waals surface area contributed by atoms with Gasteiger partial charge >= 0.3 is 11.9 Å². The van der Waals surface area contributed by atoms with Crippen molar-refractivity contribution in [3.05, 3.63) is 40.1 Å². The molecule has 3 unspecified atom stereocenters. The summed E-state index contributed by atoms with van der Waals surface area (Å²) in [5, 5.41) is 1.63. The molecule has 2 aliphatic carbocycles. The minimum Gasteiger partial charge on any atom is -0.295 e. The molecule has 3 N–H and O–H groups in total. The highest BCUT2D eigenvalue weighted by molar-refractivity contribution is 5.77. The third-order valence-corrected chi connectivity index (χ3v) is 9.52. The molecule has 214 valence electrons. The number of nitrogens with one attached hydrogen (secondary N) is 3. The first-order valence-electron chi connectivity index (χ1n) is 14.2. The van der Waals surface area contributed by atoms with Crippen molar-refractivity contribution in [2.75, 3.05) is 13.7 Å². The number of aromatic nitrogens is 2. The quantitative estimate of drug-likeness (QED) is 0.513. The van der Waals surface area contributed by atoms with E-state index >= 15 is 0 Å². The van der Waals surface area contributed by atoms with Gasteiger partial charge in [0.25, 0.3) is 0 Å². The number of hydrogen-bond acceptors (Lipinski definition) is 6. The summed E-state index contributed by atoms with van der Waals surface area (Å²) < 4.78 is 45.4. The van der Waals surface area contributed by atoms with Crippen molar-refractivity contribution in [1.82, 2.24) is 35.2 Å². The molecule has 2 aromatic heterocycles. The Hall–Kier alpha value is -2.41. The Balaban J connectivity index is 1.32. The molecule has 39 heavy (non-hydrogen) atoms. The van der Waals surface area contributed by atoms with Crippen LogP contribution in [0.15, 0.2) is 23.3 Å². The summed E-state index contributed by atoms with van der Waals surface area (Å²) in [6.45, 7) is 2.71. The summed E-state index contributed by atoms with van der Waals surface area (Å²) >= 11 is 0.